The van der Waals surface area contributed by atoms with Gasteiger partial charge in [0.2, 0.25) is 5.91 Å². The predicted octanol–water partition coefficient (Wildman–Crippen LogP) is 12.7. The van der Waals surface area contributed by atoms with Gasteiger partial charge in [-0.25, -0.2) is 0 Å². The van der Waals surface area contributed by atoms with E-state index in [1.807, 2.05) is 6.08 Å². The molecule has 0 aliphatic rings. The molecule has 0 aromatic rings. The Balaban J connectivity index is 3.51. The van der Waals surface area contributed by atoms with Crippen LogP contribution in [0.1, 0.15) is 232 Å². The van der Waals surface area contributed by atoms with E-state index in [9.17, 15) is 15.0 Å². The fourth-order valence-corrected chi connectivity index (χ4v) is 6.53. The molecule has 0 unspecified atom stereocenters. The Morgan fingerprint density at radius 3 is 1.13 bits per heavy atom. The van der Waals surface area contributed by atoms with Crippen LogP contribution in [-0.4, -0.2) is 34.9 Å². The summed E-state index contributed by atoms with van der Waals surface area (Å²) in [6.45, 7) is 4.32. The quantitative estimate of drug-likeness (QED) is 0.0460. The second-order valence-corrected chi connectivity index (χ2v) is 14.4. The third-order valence-electron chi connectivity index (χ3n) is 9.77. The van der Waals surface area contributed by atoms with Crippen LogP contribution in [0.25, 0.3) is 0 Å². The zero-order valence-electron chi connectivity index (χ0n) is 31.4. The molecule has 0 fully saturated rings. The maximum absolute atomic E-state index is 12.3. The average molecular weight is 650 g/mol. The molecule has 274 valence electrons. The molecule has 4 heteroatoms. The van der Waals surface area contributed by atoms with Crippen molar-refractivity contribution in [3.05, 3.63) is 12.2 Å². The molecule has 2 atom stereocenters. The topological polar surface area (TPSA) is 69.6 Å². The summed E-state index contributed by atoms with van der Waals surface area (Å²) in [7, 11) is 0. The first kappa shape index (κ1) is 45.1. The van der Waals surface area contributed by atoms with Crippen LogP contribution in [-0.2, 0) is 4.79 Å². The monoisotopic (exact) mass is 650 g/mol. The van der Waals surface area contributed by atoms with Crippen LogP contribution in [0.3, 0.4) is 0 Å². The number of hydrogen-bond acceptors (Lipinski definition) is 3. The van der Waals surface area contributed by atoms with Gasteiger partial charge in [0, 0.05) is 6.42 Å². The van der Waals surface area contributed by atoms with E-state index in [-0.39, 0.29) is 12.5 Å². The molecule has 4 nitrogen and oxygen atoms in total. The second kappa shape index (κ2) is 38.6. The summed E-state index contributed by atoms with van der Waals surface area (Å²) in [6.07, 6.45) is 47.4. The molecule has 0 aliphatic heterocycles. The third-order valence-corrected chi connectivity index (χ3v) is 9.77. The van der Waals surface area contributed by atoms with Gasteiger partial charge in [0.1, 0.15) is 0 Å². The third kappa shape index (κ3) is 34.5. The highest BCUT2D eigenvalue weighted by Gasteiger charge is 2.17. The molecule has 46 heavy (non-hydrogen) atoms. The lowest BCUT2D eigenvalue weighted by Gasteiger charge is -2.20. The van der Waals surface area contributed by atoms with Crippen molar-refractivity contribution >= 4 is 5.91 Å². The smallest absolute Gasteiger partial charge is 0.220 e. The van der Waals surface area contributed by atoms with Crippen molar-refractivity contribution in [2.24, 2.45) is 0 Å². The first-order valence-electron chi connectivity index (χ1n) is 20.9. The molecule has 0 rings (SSSR count). The van der Waals surface area contributed by atoms with E-state index in [4.69, 9.17) is 0 Å². The van der Waals surface area contributed by atoms with Crippen LogP contribution in [0.5, 0.6) is 0 Å². The summed E-state index contributed by atoms with van der Waals surface area (Å²) in [6, 6.07) is -0.615. The van der Waals surface area contributed by atoms with Gasteiger partial charge in [-0.15, -0.1) is 0 Å². The minimum atomic E-state index is -0.832. The normalized spacial score (nSPS) is 13.0. The molecule has 0 aromatic heterocycles. The Hall–Kier alpha value is -0.870. The molecule has 3 N–H and O–H groups in total. The predicted molar refractivity (Wildman–Crippen MR) is 202 cm³/mol. The molecule has 0 aliphatic carbocycles. The van der Waals surface area contributed by atoms with Crippen molar-refractivity contribution in [1.82, 2.24) is 5.32 Å². The van der Waals surface area contributed by atoms with E-state index in [1.54, 1.807) is 6.08 Å². The Morgan fingerprint density at radius 1 is 0.500 bits per heavy atom. The Morgan fingerprint density at radius 2 is 0.804 bits per heavy atom. The summed E-state index contributed by atoms with van der Waals surface area (Å²) >= 11 is 0. The summed E-state index contributed by atoms with van der Waals surface area (Å²) in [5.74, 6) is -0.0605. The summed E-state index contributed by atoms with van der Waals surface area (Å²) < 4.78 is 0. The van der Waals surface area contributed by atoms with Gasteiger partial charge in [0.25, 0.3) is 0 Å². The van der Waals surface area contributed by atoms with Crippen LogP contribution in [0.4, 0.5) is 0 Å². The van der Waals surface area contributed by atoms with Crippen LogP contribution in [0, 0.1) is 0 Å². The molecule has 0 spiro atoms. The largest absolute Gasteiger partial charge is 0.394 e. The summed E-state index contributed by atoms with van der Waals surface area (Å²) in [5.41, 5.74) is 0. The number of carbonyl (C=O) groups excluding carboxylic acids is 1. The highest BCUT2D eigenvalue weighted by atomic mass is 16.3. The first-order valence-corrected chi connectivity index (χ1v) is 20.9. The van der Waals surface area contributed by atoms with Gasteiger partial charge in [0.05, 0.1) is 18.8 Å². The Bertz CT molecular complexity index is 622. The minimum absolute atomic E-state index is 0.0605. The fourth-order valence-electron chi connectivity index (χ4n) is 6.53. The van der Waals surface area contributed by atoms with Gasteiger partial charge in [-0.2, -0.15) is 0 Å². The van der Waals surface area contributed by atoms with E-state index < -0.39 is 12.1 Å². The van der Waals surface area contributed by atoms with Crippen molar-refractivity contribution in [1.29, 1.82) is 0 Å². The Kier molecular flexibility index (Phi) is 37.8. The molecule has 0 radical (unpaired) electrons. The average Bonchev–Trinajstić information content (AvgIpc) is 3.06. The number of hydrogen-bond donors (Lipinski definition) is 3. The maximum atomic E-state index is 12.3. The number of allylic oxidation sites excluding steroid dienone is 1. The molecule has 0 heterocycles. The zero-order valence-corrected chi connectivity index (χ0v) is 31.4. The fraction of sp³-hybridized carbons (Fsp3) is 0.929. The van der Waals surface area contributed by atoms with Gasteiger partial charge < -0.3 is 15.5 Å². The van der Waals surface area contributed by atoms with Gasteiger partial charge in [0.15, 0.2) is 0 Å². The van der Waals surface area contributed by atoms with Crippen molar-refractivity contribution in [2.75, 3.05) is 6.61 Å². The van der Waals surface area contributed by atoms with E-state index >= 15 is 0 Å². The van der Waals surface area contributed by atoms with Gasteiger partial charge >= 0.3 is 0 Å². The first-order chi connectivity index (χ1) is 22.7. The molecule has 1 amide bonds. The highest BCUT2D eigenvalue weighted by molar-refractivity contribution is 5.76. The highest BCUT2D eigenvalue weighted by Crippen LogP contribution is 2.16. The van der Waals surface area contributed by atoms with Crippen molar-refractivity contribution in [3.63, 3.8) is 0 Å². The SMILES string of the molecule is CCCCCCCCCCCCCC=C[C@@H](O)[C@H](CO)NC(=O)CCCCCCCCCCCCCCCCCCCCCCC. The second-order valence-electron chi connectivity index (χ2n) is 14.4. The number of aliphatic hydroxyl groups is 2. The number of rotatable bonds is 38. The van der Waals surface area contributed by atoms with Crippen molar-refractivity contribution in [3.8, 4) is 0 Å². The van der Waals surface area contributed by atoms with Gasteiger partial charge in [-0.3, -0.25) is 4.79 Å². The lowest BCUT2D eigenvalue weighted by molar-refractivity contribution is -0.123. The van der Waals surface area contributed by atoms with E-state index in [2.05, 4.69) is 19.2 Å². The van der Waals surface area contributed by atoms with Crippen LogP contribution in [0.2, 0.25) is 0 Å². The van der Waals surface area contributed by atoms with E-state index in [0.717, 1.165) is 25.7 Å². The molecular formula is C42H83NO3. The summed E-state index contributed by atoms with van der Waals surface area (Å²) in [5, 5.41) is 22.9. The number of nitrogens with one attached hydrogen (secondary N) is 1. The number of unbranched alkanes of at least 4 members (excludes halogenated alkanes) is 31. The number of aliphatic hydroxyl groups excluding tert-OH is 2. The molecule has 0 aromatic carbocycles. The number of amides is 1. The minimum Gasteiger partial charge on any atom is -0.394 e. The van der Waals surface area contributed by atoms with Gasteiger partial charge in [-0.1, -0.05) is 219 Å². The summed E-state index contributed by atoms with van der Waals surface area (Å²) in [4.78, 5) is 12.3. The maximum Gasteiger partial charge on any atom is 0.220 e. The van der Waals surface area contributed by atoms with Crippen LogP contribution < -0.4 is 5.32 Å². The Labute approximate surface area is 288 Å². The zero-order chi connectivity index (χ0) is 33.6. The lowest BCUT2D eigenvalue weighted by atomic mass is 10.0. The van der Waals surface area contributed by atoms with Crippen LogP contribution in [0.15, 0.2) is 12.2 Å². The number of carbonyl (C=O) groups is 1. The van der Waals surface area contributed by atoms with Crippen LogP contribution >= 0.6 is 0 Å². The van der Waals surface area contributed by atoms with Crippen molar-refractivity contribution in [2.45, 2.75) is 244 Å². The molecule has 0 saturated carbocycles. The van der Waals surface area contributed by atoms with Crippen molar-refractivity contribution < 1.29 is 15.0 Å². The molecule has 0 saturated heterocycles. The van der Waals surface area contributed by atoms with Gasteiger partial charge in [-0.05, 0) is 19.3 Å². The molecule has 0 bridgehead atoms. The van der Waals surface area contributed by atoms with E-state index in [1.165, 1.54) is 186 Å². The lowest BCUT2D eigenvalue weighted by Crippen LogP contribution is -2.45. The van der Waals surface area contributed by atoms with E-state index in [0.29, 0.717) is 6.42 Å². The molecular weight excluding hydrogens is 566 g/mol. The standard InChI is InChI=1S/C42H83NO3/c1-3-5-7-9-11-13-15-17-18-19-20-21-22-23-24-26-28-30-32-34-36-38-42(46)43-40(39-44)41(45)37-35-33-31-29-27-25-16-14-12-10-8-6-4-2/h35,37,40-41,44-45H,3-34,36,38-39H2,1-2H3,(H,43,46)/t40-,41+/m0/s1.